The number of benzene rings is 1. The van der Waals surface area contributed by atoms with Crippen LogP contribution in [0.25, 0.3) is 11.5 Å². The van der Waals surface area contributed by atoms with Crippen LogP contribution in [0.5, 0.6) is 0 Å². The normalized spacial score (nSPS) is 15.6. The lowest BCUT2D eigenvalue weighted by Gasteiger charge is -2.43. The molecule has 1 fully saturated rings. The van der Waals surface area contributed by atoms with Crippen molar-refractivity contribution in [2.75, 3.05) is 5.32 Å². The molecule has 0 unspecified atom stereocenters. The van der Waals surface area contributed by atoms with E-state index in [0.29, 0.717) is 24.0 Å². The summed E-state index contributed by atoms with van der Waals surface area (Å²) in [6.45, 7) is 0. The van der Waals surface area contributed by atoms with Gasteiger partial charge in [0.2, 0.25) is 5.95 Å². The Labute approximate surface area is 156 Å². The highest BCUT2D eigenvalue weighted by Crippen LogP contribution is 2.45. The van der Waals surface area contributed by atoms with Gasteiger partial charge in [-0.15, -0.1) is 10.2 Å². The second-order valence-electron chi connectivity index (χ2n) is 6.20. The lowest BCUT2D eigenvalue weighted by atomic mass is 9.71. The summed E-state index contributed by atoms with van der Waals surface area (Å²) < 4.78 is 44.4. The number of hydrogen-bond donors (Lipinski definition) is 1. The van der Waals surface area contributed by atoms with Gasteiger partial charge in [-0.2, -0.15) is 8.78 Å². The predicted octanol–water partition coefficient (Wildman–Crippen LogP) is 4.75. The second kappa shape index (κ2) is 6.80. The SMILES string of the molecule is Fc1c(Cl)cccc1C1(Nc2ncc(-c3nnc(C(F)F)o3)cn2)CCC1. The summed E-state index contributed by atoms with van der Waals surface area (Å²) in [6.07, 6.45) is 2.24. The molecule has 1 aliphatic carbocycles. The van der Waals surface area contributed by atoms with Crippen molar-refractivity contribution in [3.05, 3.63) is 52.9 Å². The third kappa shape index (κ3) is 3.23. The van der Waals surface area contributed by atoms with Crippen molar-refractivity contribution in [1.82, 2.24) is 20.2 Å². The van der Waals surface area contributed by atoms with E-state index < -0.39 is 23.7 Å². The summed E-state index contributed by atoms with van der Waals surface area (Å²) in [7, 11) is 0. The molecule has 2 heterocycles. The first-order valence-corrected chi connectivity index (χ1v) is 8.53. The van der Waals surface area contributed by atoms with E-state index in [2.05, 4.69) is 25.5 Å². The minimum Gasteiger partial charge on any atom is -0.415 e. The Morgan fingerprint density at radius 3 is 2.48 bits per heavy atom. The maximum atomic E-state index is 14.5. The van der Waals surface area contributed by atoms with Crippen molar-refractivity contribution in [3.8, 4) is 11.5 Å². The van der Waals surface area contributed by atoms with Gasteiger partial charge >= 0.3 is 6.43 Å². The first kappa shape index (κ1) is 17.7. The van der Waals surface area contributed by atoms with Gasteiger partial charge in [0.05, 0.1) is 16.1 Å². The molecule has 1 aromatic carbocycles. The molecule has 0 spiro atoms. The molecule has 1 saturated carbocycles. The average Bonchev–Trinajstić information content (AvgIpc) is 3.12. The number of anilines is 1. The largest absolute Gasteiger partial charge is 0.415 e. The Balaban J connectivity index is 1.57. The first-order valence-electron chi connectivity index (χ1n) is 8.15. The van der Waals surface area contributed by atoms with Gasteiger partial charge in [-0.1, -0.05) is 23.7 Å². The minimum absolute atomic E-state index is 0.0584. The van der Waals surface area contributed by atoms with Gasteiger partial charge in [-0.05, 0) is 25.3 Å². The van der Waals surface area contributed by atoms with Crippen molar-refractivity contribution in [2.24, 2.45) is 0 Å². The van der Waals surface area contributed by atoms with Crippen LogP contribution in [0.15, 0.2) is 35.0 Å². The molecule has 6 nitrogen and oxygen atoms in total. The third-order valence-corrected chi connectivity index (χ3v) is 4.84. The summed E-state index contributed by atoms with van der Waals surface area (Å²) in [6, 6.07) is 4.88. The van der Waals surface area contributed by atoms with Crippen molar-refractivity contribution < 1.29 is 17.6 Å². The van der Waals surface area contributed by atoms with Gasteiger partial charge in [0.1, 0.15) is 5.82 Å². The van der Waals surface area contributed by atoms with E-state index in [1.807, 2.05) is 0 Å². The maximum Gasteiger partial charge on any atom is 0.314 e. The summed E-state index contributed by atoms with van der Waals surface area (Å²) >= 11 is 5.91. The summed E-state index contributed by atoms with van der Waals surface area (Å²) in [5.41, 5.74) is 0.132. The van der Waals surface area contributed by atoms with Crippen LogP contribution < -0.4 is 5.32 Å². The number of aromatic nitrogens is 4. The molecule has 10 heteroatoms. The van der Waals surface area contributed by atoms with Crippen LogP contribution in [0.3, 0.4) is 0 Å². The molecule has 140 valence electrons. The Morgan fingerprint density at radius 2 is 1.89 bits per heavy atom. The molecule has 1 N–H and O–H groups in total. The fraction of sp³-hybridized carbons (Fsp3) is 0.294. The topological polar surface area (TPSA) is 76.7 Å². The monoisotopic (exact) mass is 395 g/mol. The van der Waals surface area contributed by atoms with Gasteiger partial charge in [-0.25, -0.2) is 14.4 Å². The van der Waals surface area contributed by atoms with E-state index in [-0.39, 0.29) is 16.9 Å². The van der Waals surface area contributed by atoms with Crippen molar-refractivity contribution in [1.29, 1.82) is 0 Å². The molecule has 2 aromatic heterocycles. The standard InChI is InChI=1S/C17H13ClF3N5O/c18-11-4-1-3-10(12(11)19)17(5-2-6-17)24-16-22-7-9(8-23-16)14-25-26-15(27-14)13(20)21/h1,3-4,7-8,13H,2,5-6H2,(H,22,23,24). The summed E-state index contributed by atoms with van der Waals surface area (Å²) in [5.74, 6) is -1.06. The molecule has 27 heavy (non-hydrogen) atoms. The van der Waals surface area contributed by atoms with Crippen LogP contribution in [0.2, 0.25) is 5.02 Å². The average molecular weight is 396 g/mol. The van der Waals surface area contributed by atoms with E-state index in [0.717, 1.165) is 6.42 Å². The Bertz CT molecular complexity index is 959. The highest BCUT2D eigenvalue weighted by atomic mass is 35.5. The molecular formula is C17H13ClF3N5O. The molecule has 0 aliphatic heterocycles. The Morgan fingerprint density at radius 1 is 1.15 bits per heavy atom. The van der Waals surface area contributed by atoms with Crippen LogP contribution >= 0.6 is 11.6 Å². The smallest absolute Gasteiger partial charge is 0.314 e. The maximum absolute atomic E-state index is 14.5. The van der Waals surface area contributed by atoms with Crippen LogP contribution in [0, 0.1) is 5.82 Å². The first-order chi connectivity index (χ1) is 13.0. The van der Waals surface area contributed by atoms with Crippen LogP contribution in [0.4, 0.5) is 19.1 Å². The molecule has 0 radical (unpaired) electrons. The fourth-order valence-electron chi connectivity index (χ4n) is 3.02. The second-order valence-corrected chi connectivity index (χ2v) is 6.61. The van der Waals surface area contributed by atoms with E-state index >= 15 is 0 Å². The molecule has 0 bridgehead atoms. The van der Waals surface area contributed by atoms with Crippen molar-refractivity contribution in [3.63, 3.8) is 0 Å². The summed E-state index contributed by atoms with van der Waals surface area (Å²) in [4.78, 5) is 8.32. The lowest BCUT2D eigenvalue weighted by molar-refractivity contribution is 0.116. The fourth-order valence-corrected chi connectivity index (χ4v) is 3.20. The number of alkyl halides is 2. The van der Waals surface area contributed by atoms with E-state index in [1.165, 1.54) is 18.5 Å². The summed E-state index contributed by atoms with van der Waals surface area (Å²) in [5, 5.41) is 10.0. The zero-order chi connectivity index (χ0) is 19.0. The molecule has 0 saturated heterocycles. The van der Waals surface area contributed by atoms with Crippen LogP contribution in [-0.4, -0.2) is 20.2 Å². The number of halogens is 4. The van der Waals surface area contributed by atoms with Gasteiger partial charge < -0.3 is 9.73 Å². The molecular weight excluding hydrogens is 383 g/mol. The minimum atomic E-state index is -2.85. The zero-order valence-electron chi connectivity index (χ0n) is 13.8. The lowest BCUT2D eigenvalue weighted by Crippen LogP contribution is -2.43. The molecule has 0 amide bonds. The van der Waals surface area contributed by atoms with Crippen LogP contribution in [0.1, 0.15) is 37.1 Å². The molecule has 4 rings (SSSR count). The van der Waals surface area contributed by atoms with Crippen molar-refractivity contribution in [2.45, 2.75) is 31.2 Å². The predicted molar refractivity (Wildman–Crippen MR) is 90.8 cm³/mol. The number of rotatable bonds is 5. The van der Waals surface area contributed by atoms with E-state index in [9.17, 15) is 13.2 Å². The van der Waals surface area contributed by atoms with Crippen molar-refractivity contribution >= 4 is 17.5 Å². The number of hydrogen-bond acceptors (Lipinski definition) is 6. The van der Waals surface area contributed by atoms with E-state index in [1.54, 1.807) is 12.1 Å². The van der Waals surface area contributed by atoms with Gasteiger partial charge in [0.25, 0.3) is 11.8 Å². The van der Waals surface area contributed by atoms with Crippen LogP contribution in [-0.2, 0) is 5.54 Å². The highest BCUT2D eigenvalue weighted by molar-refractivity contribution is 6.30. The molecule has 0 atom stereocenters. The number of nitrogens with zero attached hydrogens (tertiary/aromatic N) is 4. The van der Waals surface area contributed by atoms with Gasteiger partial charge in [-0.3, -0.25) is 0 Å². The van der Waals surface area contributed by atoms with Gasteiger partial charge in [0.15, 0.2) is 0 Å². The number of nitrogens with one attached hydrogen (secondary N) is 1. The molecule has 3 aromatic rings. The quantitative estimate of drug-likeness (QED) is 0.672. The Hall–Kier alpha value is -2.68. The highest BCUT2D eigenvalue weighted by Gasteiger charge is 2.41. The van der Waals surface area contributed by atoms with Gasteiger partial charge in [0, 0.05) is 18.0 Å². The third-order valence-electron chi connectivity index (χ3n) is 4.55. The zero-order valence-corrected chi connectivity index (χ0v) is 14.6. The van der Waals surface area contributed by atoms with E-state index in [4.69, 9.17) is 16.0 Å². The molecule has 1 aliphatic rings. The Kier molecular flexibility index (Phi) is 4.47.